The van der Waals surface area contributed by atoms with Crippen LogP contribution in [0.2, 0.25) is 0 Å². The molecule has 1 heterocycles. The summed E-state index contributed by atoms with van der Waals surface area (Å²) in [5.74, 6) is 0.453. The van der Waals surface area contributed by atoms with Crippen LogP contribution in [0.3, 0.4) is 0 Å². The van der Waals surface area contributed by atoms with E-state index in [1.54, 1.807) is 13.1 Å². The lowest BCUT2D eigenvalue weighted by Crippen LogP contribution is -2.35. The predicted octanol–water partition coefficient (Wildman–Crippen LogP) is 4.57. The molecule has 0 spiro atoms. The molecule has 0 radical (unpaired) electrons. The van der Waals surface area contributed by atoms with E-state index >= 15 is 0 Å². The summed E-state index contributed by atoms with van der Waals surface area (Å²) >= 11 is 0. The Morgan fingerprint density at radius 2 is 1.89 bits per heavy atom. The van der Waals surface area contributed by atoms with Crippen LogP contribution in [-0.2, 0) is 11.2 Å². The number of hydrogen-bond donors (Lipinski definition) is 0. The molecule has 0 bridgehead atoms. The van der Waals surface area contributed by atoms with Crippen molar-refractivity contribution in [1.82, 2.24) is 14.5 Å². The minimum Gasteiger partial charge on any atom is -0.444 e. The summed E-state index contributed by atoms with van der Waals surface area (Å²) in [5.41, 5.74) is 1.78. The molecule has 0 aliphatic heterocycles. The molecule has 1 amide bonds. The standard InChI is InChI=1S/C21H24FN3O2/c1-21(2,3)27-20(26)24(4)13-12-19-23-17-11-10-15(22)14-18(17)25(19)16-8-6-5-7-9-16/h5-11,14H,12-13H2,1-4H3. The van der Waals surface area contributed by atoms with Gasteiger partial charge in [0.15, 0.2) is 0 Å². The van der Waals surface area contributed by atoms with Crippen LogP contribution in [0, 0.1) is 5.82 Å². The van der Waals surface area contributed by atoms with Crippen molar-refractivity contribution in [1.29, 1.82) is 0 Å². The van der Waals surface area contributed by atoms with Crippen LogP contribution in [0.4, 0.5) is 9.18 Å². The third kappa shape index (κ3) is 4.45. The Bertz CT molecular complexity index is 945. The lowest BCUT2D eigenvalue weighted by Gasteiger charge is -2.24. The average molecular weight is 369 g/mol. The molecule has 0 aliphatic rings. The third-order valence-corrected chi connectivity index (χ3v) is 4.08. The molecule has 0 saturated heterocycles. The van der Waals surface area contributed by atoms with Gasteiger partial charge in [-0.15, -0.1) is 0 Å². The fourth-order valence-electron chi connectivity index (χ4n) is 2.83. The fourth-order valence-corrected chi connectivity index (χ4v) is 2.83. The molecule has 0 aliphatic carbocycles. The van der Waals surface area contributed by atoms with E-state index in [0.29, 0.717) is 18.5 Å². The van der Waals surface area contributed by atoms with E-state index in [1.165, 1.54) is 17.0 Å². The molecule has 27 heavy (non-hydrogen) atoms. The quantitative estimate of drug-likeness (QED) is 0.677. The fraction of sp³-hybridized carbons (Fsp3) is 0.333. The topological polar surface area (TPSA) is 47.4 Å². The first-order chi connectivity index (χ1) is 12.7. The van der Waals surface area contributed by atoms with E-state index in [2.05, 4.69) is 4.98 Å². The summed E-state index contributed by atoms with van der Waals surface area (Å²) in [6.45, 7) is 5.94. The smallest absolute Gasteiger partial charge is 0.410 e. The van der Waals surface area contributed by atoms with Crippen molar-refractivity contribution in [3.05, 3.63) is 60.2 Å². The molecule has 3 rings (SSSR count). The van der Waals surface area contributed by atoms with Crippen LogP contribution >= 0.6 is 0 Å². The van der Waals surface area contributed by atoms with Crippen molar-refractivity contribution in [2.45, 2.75) is 32.8 Å². The molecule has 1 aromatic heterocycles. The second kappa shape index (κ2) is 7.39. The number of halogens is 1. The number of hydrogen-bond acceptors (Lipinski definition) is 3. The summed E-state index contributed by atoms with van der Waals surface area (Å²) in [6, 6.07) is 14.2. The lowest BCUT2D eigenvalue weighted by molar-refractivity contribution is 0.0300. The van der Waals surface area contributed by atoms with Gasteiger partial charge in [-0.05, 0) is 45.0 Å². The maximum atomic E-state index is 13.8. The van der Waals surface area contributed by atoms with Crippen molar-refractivity contribution in [2.24, 2.45) is 0 Å². The van der Waals surface area contributed by atoms with Gasteiger partial charge in [-0.1, -0.05) is 18.2 Å². The van der Waals surface area contributed by atoms with Gasteiger partial charge < -0.3 is 9.64 Å². The van der Waals surface area contributed by atoms with Gasteiger partial charge in [0.2, 0.25) is 0 Å². The largest absolute Gasteiger partial charge is 0.444 e. The molecule has 0 unspecified atom stereocenters. The zero-order valence-corrected chi connectivity index (χ0v) is 16.1. The first-order valence-electron chi connectivity index (χ1n) is 8.91. The Morgan fingerprint density at radius 1 is 1.19 bits per heavy atom. The molecule has 0 N–H and O–H groups in total. The van der Waals surface area contributed by atoms with E-state index in [9.17, 15) is 9.18 Å². The third-order valence-electron chi connectivity index (χ3n) is 4.08. The lowest BCUT2D eigenvalue weighted by atomic mass is 10.2. The minimum absolute atomic E-state index is 0.308. The molecule has 6 heteroatoms. The van der Waals surface area contributed by atoms with E-state index in [0.717, 1.165) is 17.0 Å². The number of carbonyl (C=O) groups excluding carboxylic acids is 1. The normalized spacial score (nSPS) is 11.6. The van der Waals surface area contributed by atoms with Crippen LogP contribution in [0.25, 0.3) is 16.7 Å². The summed E-state index contributed by atoms with van der Waals surface area (Å²) in [6.07, 6.45) is 0.136. The van der Waals surface area contributed by atoms with Gasteiger partial charge in [0.1, 0.15) is 17.2 Å². The molecule has 0 fully saturated rings. The second-order valence-corrected chi connectivity index (χ2v) is 7.48. The molecular formula is C21H24FN3O2. The monoisotopic (exact) mass is 369 g/mol. The second-order valence-electron chi connectivity index (χ2n) is 7.48. The van der Waals surface area contributed by atoms with Gasteiger partial charge in [0.25, 0.3) is 0 Å². The van der Waals surface area contributed by atoms with Crippen LogP contribution in [0.1, 0.15) is 26.6 Å². The zero-order valence-electron chi connectivity index (χ0n) is 16.1. The molecule has 0 saturated carbocycles. The highest BCUT2D eigenvalue weighted by Gasteiger charge is 2.20. The number of nitrogens with zero attached hydrogens (tertiary/aromatic N) is 3. The highest BCUT2D eigenvalue weighted by Crippen LogP contribution is 2.23. The van der Waals surface area contributed by atoms with Crippen molar-refractivity contribution in [3.8, 4) is 5.69 Å². The highest BCUT2D eigenvalue weighted by atomic mass is 19.1. The summed E-state index contributed by atoms with van der Waals surface area (Å²) < 4.78 is 21.1. The Morgan fingerprint density at radius 3 is 2.56 bits per heavy atom. The summed E-state index contributed by atoms with van der Waals surface area (Å²) in [4.78, 5) is 18.4. The molecule has 142 valence electrons. The Kier molecular flexibility index (Phi) is 5.17. The number of para-hydroxylation sites is 1. The van der Waals surface area contributed by atoms with E-state index in [1.807, 2.05) is 55.7 Å². The predicted molar refractivity (Wildman–Crippen MR) is 104 cm³/mol. The van der Waals surface area contributed by atoms with Crippen molar-refractivity contribution in [2.75, 3.05) is 13.6 Å². The first kappa shape index (κ1) is 18.9. The number of likely N-dealkylation sites (N-methyl/N-ethyl adjacent to an activating group) is 1. The number of benzene rings is 2. The van der Waals surface area contributed by atoms with Crippen molar-refractivity contribution in [3.63, 3.8) is 0 Å². The van der Waals surface area contributed by atoms with Crippen molar-refractivity contribution >= 4 is 17.1 Å². The molecule has 5 nitrogen and oxygen atoms in total. The van der Waals surface area contributed by atoms with Gasteiger partial charge in [-0.25, -0.2) is 14.2 Å². The average Bonchev–Trinajstić information content (AvgIpc) is 2.96. The van der Waals surface area contributed by atoms with E-state index < -0.39 is 5.60 Å². The molecule has 2 aromatic carbocycles. The summed E-state index contributed by atoms with van der Waals surface area (Å²) in [5, 5.41) is 0. The van der Waals surface area contributed by atoms with Gasteiger partial charge >= 0.3 is 6.09 Å². The number of rotatable bonds is 4. The van der Waals surface area contributed by atoms with Crippen LogP contribution in [0.5, 0.6) is 0 Å². The van der Waals surface area contributed by atoms with Gasteiger partial charge in [-0.3, -0.25) is 4.57 Å². The number of aromatic nitrogens is 2. The maximum Gasteiger partial charge on any atom is 0.410 e. The zero-order chi connectivity index (χ0) is 19.6. The maximum absolute atomic E-state index is 13.8. The SMILES string of the molecule is CN(CCc1nc2ccc(F)cc2n1-c1ccccc1)C(=O)OC(C)(C)C. The molecule has 0 atom stereocenters. The minimum atomic E-state index is -0.542. The first-order valence-corrected chi connectivity index (χ1v) is 8.91. The van der Waals surface area contributed by atoms with Crippen LogP contribution in [-0.4, -0.2) is 39.7 Å². The number of imidazole rings is 1. The number of amides is 1. The van der Waals surface area contributed by atoms with Gasteiger partial charge in [0, 0.05) is 31.8 Å². The number of ether oxygens (including phenoxy) is 1. The Hall–Kier alpha value is -2.89. The van der Waals surface area contributed by atoms with E-state index in [-0.39, 0.29) is 11.9 Å². The number of carbonyl (C=O) groups is 1. The molecule has 3 aromatic rings. The number of fused-ring (bicyclic) bond motifs is 1. The van der Waals surface area contributed by atoms with Crippen LogP contribution in [0.15, 0.2) is 48.5 Å². The highest BCUT2D eigenvalue weighted by molar-refractivity contribution is 5.78. The molecular weight excluding hydrogens is 345 g/mol. The van der Waals surface area contributed by atoms with Crippen molar-refractivity contribution < 1.29 is 13.9 Å². The van der Waals surface area contributed by atoms with Gasteiger partial charge in [-0.2, -0.15) is 0 Å². The van der Waals surface area contributed by atoms with Gasteiger partial charge in [0.05, 0.1) is 11.0 Å². The Balaban J connectivity index is 1.89. The van der Waals surface area contributed by atoms with Crippen LogP contribution < -0.4 is 0 Å². The Labute approximate surface area is 158 Å². The van der Waals surface area contributed by atoms with E-state index in [4.69, 9.17) is 4.74 Å². The summed E-state index contributed by atoms with van der Waals surface area (Å²) in [7, 11) is 1.70.